The number of aldehydes is 1. The van der Waals surface area contributed by atoms with Crippen molar-refractivity contribution in [3.8, 4) is 5.88 Å². The Bertz CT molecular complexity index is 368. The van der Waals surface area contributed by atoms with Crippen molar-refractivity contribution < 1.29 is 9.53 Å². The first-order valence-electron chi connectivity index (χ1n) is 5.54. The number of rotatable bonds is 3. The van der Waals surface area contributed by atoms with E-state index in [9.17, 15) is 4.79 Å². The van der Waals surface area contributed by atoms with Crippen LogP contribution in [0.1, 0.15) is 12.8 Å². The van der Waals surface area contributed by atoms with Crippen molar-refractivity contribution in [2.24, 2.45) is 5.92 Å². The van der Waals surface area contributed by atoms with Crippen molar-refractivity contribution in [3.05, 3.63) is 18.3 Å². The summed E-state index contributed by atoms with van der Waals surface area (Å²) in [5.41, 5.74) is 1.08. The number of aromatic nitrogens is 1. The molecule has 1 atom stereocenters. The maximum atomic E-state index is 10.8. The molecule has 0 spiro atoms. The molecule has 1 saturated heterocycles. The molecule has 0 amide bonds. The molecule has 1 fully saturated rings. The van der Waals surface area contributed by atoms with Gasteiger partial charge in [0, 0.05) is 37.0 Å². The predicted octanol–water partition coefficient (Wildman–Crippen LogP) is 1.51. The Hall–Kier alpha value is -1.58. The van der Waals surface area contributed by atoms with Gasteiger partial charge in [-0.25, -0.2) is 4.98 Å². The summed E-state index contributed by atoms with van der Waals surface area (Å²) in [7, 11) is 1.61. The van der Waals surface area contributed by atoms with Crippen molar-refractivity contribution >= 4 is 12.0 Å². The van der Waals surface area contributed by atoms with E-state index in [4.69, 9.17) is 4.74 Å². The quantitative estimate of drug-likeness (QED) is 0.724. The fraction of sp³-hybridized carbons (Fsp3) is 0.500. The number of carbonyl (C=O) groups excluding carboxylic acids is 1. The molecule has 0 radical (unpaired) electrons. The molecule has 1 unspecified atom stereocenters. The third-order valence-electron chi connectivity index (χ3n) is 2.94. The molecule has 1 aliphatic rings. The van der Waals surface area contributed by atoms with E-state index < -0.39 is 0 Å². The minimum absolute atomic E-state index is 0.160. The number of carbonyl (C=O) groups is 1. The minimum atomic E-state index is 0.160. The summed E-state index contributed by atoms with van der Waals surface area (Å²) in [6.07, 6.45) is 4.86. The van der Waals surface area contributed by atoms with E-state index in [-0.39, 0.29) is 5.92 Å². The van der Waals surface area contributed by atoms with E-state index in [0.717, 1.165) is 37.9 Å². The Morgan fingerprint density at radius 2 is 2.50 bits per heavy atom. The van der Waals surface area contributed by atoms with Crippen LogP contribution in [-0.4, -0.2) is 31.5 Å². The molecule has 4 nitrogen and oxygen atoms in total. The lowest BCUT2D eigenvalue weighted by atomic mass is 9.99. The van der Waals surface area contributed by atoms with Crippen LogP contribution < -0.4 is 9.64 Å². The number of anilines is 1. The monoisotopic (exact) mass is 220 g/mol. The summed E-state index contributed by atoms with van der Waals surface area (Å²) in [5.74, 6) is 0.777. The lowest BCUT2D eigenvalue weighted by Gasteiger charge is -2.32. The summed E-state index contributed by atoms with van der Waals surface area (Å²) in [5, 5.41) is 0. The number of piperidine rings is 1. The van der Waals surface area contributed by atoms with Gasteiger partial charge < -0.3 is 14.4 Å². The third kappa shape index (κ3) is 2.32. The molecule has 0 N–H and O–H groups in total. The summed E-state index contributed by atoms with van der Waals surface area (Å²) >= 11 is 0. The second-order valence-corrected chi connectivity index (χ2v) is 4.04. The van der Waals surface area contributed by atoms with E-state index >= 15 is 0 Å². The van der Waals surface area contributed by atoms with Gasteiger partial charge in [0.15, 0.2) is 0 Å². The number of methoxy groups -OCH3 is 1. The third-order valence-corrected chi connectivity index (χ3v) is 2.94. The highest BCUT2D eigenvalue weighted by molar-refractivity contribution is 5.57. The molecule has 0 bridgehead atoms. The Morgan fingerprint density at radius 1 is 1.62 bits per heavy atom. The second kappa shape index (κ2) is 4.96. The first-order valence-corrected chi connectivity index (χ1v) is 5.54. The average molecular weight is 220 g/mol. The van der Waals surface area contributed by atoms with Gasteiger partial charge in [-0.1, -0.05) is 0 Å². The van der Waals surface area contributed by atoms with Crippen molar-refractivity contribution in [2.75, 3.05) is 25.1 Å². The van der Waals surface area contributed by atoms with Gasteiger partial charge >= 0.3 is 0 Å². The maximum absolute atomic E-state index is 10.8. The highest BCUT2D eigenvalue weighted by Gasteiger charge is 2.19. The molecule has 0 saturated carbocycles. The van der Waals surface area contributed by atoms with Crippen molar-refractivity contribution in [3.63, 3.8) is 0 Å². The fourth-order valence-electron chi connectivity index (χ4n) is 2.06. The maximum Gasteiger partial charge on any atom is 0.214 e. The first-order chi connectivity index (χ1) is 7.83. The molecule has 0 aromatic carbocycles. The average Bonchev–Trinajstić information content (AvgIpc) is 2.39. The zero-order valence-electron chi connectivity index (χ0n) is 9.43. The first kappa shape index (κ1) is 10.9. The number of hydrogen-bond acceptors (Lipinski definition) is 4. The predicted molar refractivity (Wildman–Crippen MR) is 61.8 cm³/mol. The largest absolute Gasteiger partial charge is 0.481 e. The van der Waals surface area contributed by atoms with Crippen LogP contribution in [0.2, 0.25) is 0 Å². The summed E-state index contributed by atoms with van der Waals surface area (Å²) in [6.45, 7) is 1.80. The number of pyridine rings is 1. The molecule has 1 aromatic heterocycles. The Labute approximate surface area is 95.2 Å². The molecule has 2 heterocycles. The van der Waals surface area contributed by atoms with Crippen LogP contribution in [0.25, 0.3) is 0 Å². The van der Waals surface area contributed by atoms with E-state index in [0.29, 0.717) is 5.88 Å². The lowest BCUT2D eigenvalue weighted by molar-refractivity contribution is -0.111. The highest BCUT2D eigenvalue weighted by atomic mass is 16.5. The molecule has 1 aliphatic heterocycles. The molecule has 16 heavy (non-hydrogen) atoms. The number of ether oxygens (including phenoxy) is 1. The van der Waals surface area contributed by atoms with E-state index in [1.54, 1.807) is 13.3 Å². The lowest BCUT2D eigenvalue weighted by Crippen LogP contribution is -2.35. The highest BCUT2D eigenvalue weighted by Crippen LogP contribution is 2.24. The second-order valence-electron chi connectivity index (χ2n) is 4.04. The fourth-order valence-corrected chi connectivity index (χ4v) is 2.06. The molecular formula is C12H16N2O2. The van der Waals surface area contributed by atoms with E-state index in [2.05, 4.69) is 9.88 Å². The van der Waals surface area contributed by atoms with Gasteiger partial charge in [-0.3, -0.25) is 0 Å². The molecule has 86 valence electrons. The molecule has 0 aliphatic carbocycles. The van der Waals surface area contributed by atoms with Crippen LogP contribution in [0.4, 0.5) is 5.69 Å². The standard InChI is InChI=1S/C12H16N2O2/c1-16-12-7-11(4-5-13-12)14-6-2-3-10(8-14)9-15/h4-5,7,9-10H,2-3,6,8H2,1H3. The number of nitrogens with zero attached hydrogens (tertiary/aromatic N) is 2. The normalized spacial score (nSPS) is 20.6. The van der Waals surface area contributed by atoms with Crippen LogP contribution in [0.5, 0.6) is 5.88 Å². The van der Waals surface area contributed by atoms with Gasteiger partial charge in [-0.05, 0) is 18.9 Å². The van der Waals surface area contributed by atoms with Gasteiger partial charge in [0.1, 0.15) is 6.29 Å². The zero-order valence-corrected chi connectivity index (χ0v) is 9.43. The van der Waals surface area contributed by atoms with E-state index in [1.165, 1.54) is 0 Å². The molecule has 2 rings (SSSR count). The Balaban J connectivity index is 2.13. The number of hydrogen-bond donors (Lipinski definition) is 0. The van der Waals surface area contributed by atoms with Gasteiger partial charge in [-0.2, -0.15) is 0 Å². The van der Waals surface area contributed by atoms with Crippen molar-refractivity contribution in [1.82, 2.24) is 4.98 Å². The van der Waals surface area contributed by atoms with Gasteiger partial charge in [0.25, 0.3) is 0 Å². The molecule has 4 heteroatoms. The molecular weight excluding hydrogens is 204 g/mol. The van der Waals surface area contributed by atoms with Crippen molar-refractivity contribution in [1.29, 1.82) is 0 Å². The van der Waals surface area contributed by atoms with Crippen LogP contribution in [0, 0.1) is 5.92 Å². The van der Waals surface area contributed by atoms with Crippen LogP contribution in [-0.2, 0) is 4.79 Å². The SMILES string of the molecule is COc1cc(N2CCCC(C=O)C2)ccn1. The molecule has 1 aromatic rings. The van der Waals surface area contributed by atoms with E-state index in [1.807, 2.05) is 12.1 Å². The van der Waals surface area contributed by atoms with Gasteiger partial charge in [0.2, 0.25) is 5.88 Å². The Kier molecular flexibility index (Phi) is 3.39. The van der Waals surface area contributed by atoms with Crippen molar-refractivity contribution in [2.45, 2.75) is 12.8 Å². The van der Waals surface area contributed by atoms with Gasteiger partial charge in [0.05, 0.1) is 7.11 Å². The zero-order chi connectivity index (χ0) is 11.4. The summed E-state index contributed by atoms with van der Waals surface area (Å²) in [6, 6.07) is 3.86. The van der Waals surface area contributed by atoms with Crippen LogP contribution in [0.3, 0.4) is 0 Å². The summed E-state index contributed by atoms with van der Waals surface area (Å²) < 4.78 is 5.09. The summed E-state index contributed by atoms with van der Waals surface area (Å²) in [4.78, 5) is 17.1. The smallest absolute Gasteiger partial charge is 0.214 e. The minimum Gasteiger partial charge on any atom is -0.481 e. The van der Waals surface area contributed by atoms with Crippen LogP contribution >= 0.6 is 0 Å². The van der Waals surface area contributed by atoms with Crippen LogP contribution in [0.15, 0.2) is 18.3 Å². The topological polar surface area (TPSA) is 42.4 Å². The van der Waals surface area contributed by atoms with Gasteiger partial charge in [-0.15, -0.1) is 0 Å². The Morgan fingerprint density at radius 3 is 3.25 bits per heavy atom.